The summed E-state index contributed by atoms with van der Waals surface area (Å²) in [4.78, 5) is 26.3. The first-order chi connectivity index (χ1) is 10.0. The Kier molecular flexibility index (Phi) is 5.51. The third-order valence-corrected chi connectivity index (χ3v) is 4.21. The summed E-state index contributed by atoms with van der Waals surface area (Å²) in [5.74, 6) is -0.788. The second kappa shape index (κ2) is 7.17. The number of rotatable bonds is 3. The van der Waals surface area contributed by atoms with E-state index in [2.05, 4.69) is 10.6 Å². The number of likely N-dealkylation sites (N-methyl/N-ethyl adjacent to an activating group) is 1. The third-order valence-electron chi connectivity index (χ3n) is 3.32. The Labute approximate surface area is 136 Å². The molecule has 0 saturated carbocycles. The normalized spacial score (nSPS) is 18.4. The molecule has 1 heterocycles. The zero-order valence-corrected chi connectivity index (χ0v) is 13.8. The van der Waals surface area contributed by atoms with E-state index in [1.54, 1.807) is 4.90 Å². The van der Waals surface area contributed by atoms with Gasteiger partial charge < -0.3 is 15.5 Å². The first-order valence-electron chi connectivity index (χ1n) is 6.79. The van der Waals surface area contributed by atoms with Crippen molar-refractivity contribution in [1.82, 2.24) is 15.5 Å². The Bertz CT molecular complexity index is 553. The zero-order chi connectivity index (χ0) is 15.4. The van der Waals surface area contributed by atoms with Gasteiger partial charge in [0.05, 0.1) is 5.56 Å². The topological polar surface area (TPSA) is 61.4 Å². The van der Waals surface area contributed by atoms with Crippen LogP contribution < -0.4 is 10.6 Å². The minimum Gasteiger partial charge on any atom is -0.355 e. The molecule has 2 rings (SSSR count). The molecule has 0 aliphatic carbocycles. The van der Waals surface area contributed by atoms with Crippen LogP contribution in [0.3, 0.4) is 0 Å². The highest BCUT2D eigenvalue weighted by atomic mass is 127. The lowest BCUT2D eigenvalue weighted by Gasteiger charge is -2.35. The second-order valence-electron chi connectivity index (χ2n) is 4.74. The van der Waals surface area contributed by atoms with Gasteiger partial charge in [-0.05, 0) is 47.7 Å². The third kappa shape index (κ3) is 3.70. The monoisotopic (exact) mass is 405 g/mol. The molecule has 5 nitrogen and oxygen atoms in total. The lowest BCUT2D eigenvalue weighted by molar-refractivity contribution is -0.126. The van der Waals surface area contributed by atoms with Crippen molar-refractivity contribution in [2.45, 2.75) is 13.0 Å². The van der Waals surface area contributed by atoms with Crippen molar-refractivity contribution in [3.8, 4) is 0 Å². The maximum atomic E-state index is 13.2. The van der Waals surface area contributed by atoms with E-state index >= 15 is 0 Å². The maximum Gasteiger partial charge on any atom is 0.255 e. The van der Waals surface area contributed by atoms with E-state index in [1.807, 2.05) is 29.5 Å². The molecule has 1 unspecified atom stereocenters. The Hall–Kier alpha value is -1.22. The Morgan fingerprint density at radius 3 is 2.95 bits per heavy atom. The number of nitrogens with one attached hydrogen (secondary N) is 2. The minimum atomic E-state index is -0.535. The number of hydrogen-bond donors (Lipinski definition) is 2. The highest BCUT2D eigenvalue weighted by Crippen LogP contribution is 2.18. The summed E-state index contributed by atoms with van der Waals surface area (Å²) in [6.07, 6.45) is 0. The van der Waals surface area contributed by atoms with Crippen LogP contribution in [-0.2, 0) is 4.79 Å². The molecule has 1 aliphatic rings. The molecule has 0 radical (unpaired) electrons. The Morgan fingerprint density at radius 2 is 2.29 bits per heavy atom. The Balaban J connectivity index is 2.24. The van der Waals surface area contributed by atoms with E-state index in [9.17, 15) is 14.0 Å². The van der Waals surface area contributed by atoms with Crippen LogP contribution in [-0.4, -0.2) is 48.9 Å². The van der Waals surface area contributed by atoms with Gasteiger partial charge in [0.1, 0.15) is 11.9 Å². The van der Waals surface area contributed by atoms with Crippen molar-refractivity contribution >= 4 is 34.4 Å². The molecule has 0 aromatic heterocycles. The summed E-state index contributed by atoms with van der Waals surface area (Å²) in [5, 5.41) is 5.86. The van der Waals surface area contributed by atoms with Crippen LogP contribution in [0.4, 0.5) is 4.39 Å². The van der Waals surface area contributed by atoms with Gasteiger partial charge in [-0.15, -0.1) is 0 Å². The van der Waals surface area contributed by atoms with Gasteiger partial charge >= 0.3 is 0 Å². The van der Waals surface area contributed by atoms with Crippen molar-refractivity contribution in [3.63, 3.8) is 0 Å². The highest BCUT2D eigenvalue weighted by Gasteiger charge is 2.32. The van der Waals surface area contributed by atoms with Crippen molar-refractivity contribution < 1.29 is 14.0 Å². The van der Waals surface area contributed by atoms with Gasteiger partial charge in [0.2, 0.25) is 5.91 Å². The standard InChI is InChI=1S/C14H17FIN3O2/c1-2-18-13(20)12-8-17-5-6-19(12)14(21)10-4-3-9(15)7-11(10)16/h3-4,7,12,17H,2,5-6,8H2,1H3,(H,18,20). The van der Waals surface area contributed by atoms with Crippen molar-refractivity contribution in [1.29, 1.82) is 0 Å². The van der Waals surface area contributed by atoms with Gasteiger partial charge in [-0.2, -0.15) is 0 Å². The summed E-state index contributed by atoms with van der Waals surface area (Å²) in [6.45, 7) is 3.87. The summed E-state index contributed by atoms with van der Waals surface area (Å²) in [5.41, 5.74) is 0.424. The number of piperazine rings is 1. The predicted molar refractivity (Wildman–Crippen MR) is 85.5 cm³/mol. The van der Waals surface area contributed by atoms with Crippen LogP contribution >= 0.6 is 22.6 Å². The number of nitrogens with zero attached hydrogens (tertiary/aromatic N) is 1. The molecule has 0 bridgehead atoms. The molecule has 114 valence electrons. The molecule has 1 atom stereocenters. The summed E-state index contributed by atoms with van der Waals surface area (Å²) >= 11 is 1.93. The fourth-order valence-electron chi connectivity index (χ4n) is 2.29. The number of hydrogen-bond acceptors (Lipinski definition) is 3. The average molecular weight is 405 g/mol. The summed E-state index contributed by atoms with van der Waals surface area (Å²) in [7, 11) is 0. The zero-order valence-electron chi connectivity index (χ0n) is 11.7. The van der Waals surface area contributed by atoms with Crippen LogP contribution in [0.1, 0.15) is 17.3 Å². The lowest BCUT2D eigenvalue weighted by atomic mass is 10.1. The quantitative estimate of drug-likeness (QED) is 0.738. The van der Waals surface area contributed by atoms with Crippen molar-refractivity contribution in [2.24, 2.45) is 0 Å². The number of carbonyl (C=O) groups is 2. The van der Waals surface area contributed by atoms with E-state index in [4.69, 9.17) is 0 Å². The Morgan fingerprint density at radius 1 is 1.52 bits per heavy atom. The maximum absolute atomic E-state index is 13.2. The van der Waals surface area contributed by atoms with Gasteiger partial charge in [0.25, 0.3) is 5.91 Å². The molecule has 1 aromatic rings. The minimum absolute atomic E-state index is 0.171. The SMILES string of the molecule is CCNC(=O)C1CNCCN1C(=O)c1ccc(F)cc1I. The molecule has 1 aromatic carbocycles. The number of amides is 2. The van der Waals surface area contributed by atoms with E-state index in [0.717, 1.165) is 0 Å². The van der Waals surface area contributed by atoms with Gasteiger partial charge in [-0.1, -0.05) is 0 Å². The van der Waals surface area contributed by atoms with Crippen LogP contribution in [0.15, 0.2) is 18.2 Å². The first-order valence-corrected chi connectivity index (χ1v) is 7.87. The summed E-state index contributed by atoms with van der Waals surface area (Å²) in [6, 6.07) is 3.51. The second-order valence-corrected chi connectivity index (χ2v) is 5.90. The van der Waals surface area contributed by atoms with Crippen molar-refractivity contribution in [2.75, 3.05) is 26.2 Å². The van der Waals surface area contributed by atoms with E-state index in [-0.39, 0.29) is 17.6 Å². The van der Waals surface area contributed by atoms with Crippen molar-refractivity contribution in [3.05, 3.63) is 33.1 Å². The predicted octanol–water partition coefficient (Wildman–Crippen LogP) is 0.980. The smallest absolute Gasteiger partial charge is 0.255 e. The molecular formula is C14H17FIN3O2. The van der Waals surface area contributed by atoms with Gasteiger partial charge in [0.15, 0.2) is 0 Å². The molecule has 1 aliphatic heterocycles. The first kappa shape index (κ1) is 16.2. The molecule has 2 amide bonds. The molecule has 21 heavy (non-hydrogen) atoms. The number of halogens is 2. The lowest BCUT2D eigenvalue weighted by Crippen LogP contribution is -2.59. The van der Waals surface area contributed by atoms with Gasteiger partial charge in [-0.25, -0.2) is 4.39 Å². The molecule has 1 saturated heterocycles. The van der Waals surface area contributed by atoms with E-state index in [1.165, 1.54) is 18.2 Å². The molecular weight excluding hydrogens is 388 g/mol. The van der Waals surface area contributed by atoms with Crippen LogP contribution in [0.2, 0.25) is 0 Å². The fourth-order valence-corrected chi connectivity index (χ4v) is 3.00. The molecule has 2 N–H and O–H groups in total. The average Bonchev–Trinajstić information content (AvgIpc) is 2.47. The van der Waals surface area contributed by atoms with Crippen LogP contribution in [0.5, 0.6) is 0 Å². The fraction of sp³-hybridized carbons (Fsp3) is 0.429. The molecule has 1 fully saturated rings. The van der Waals surface area contributed by atoms with Gasteiger partial charge in [0, 0.05) is 29.7 Å². The largest absolute Gasteiger partial charge is 0.355 e. The van der Waals surface area contributed by atoms with E-state index in [0.29, 0.717) is 35.3 Å². The van der Waals surface area contributed by atoms with Crippen LogP contribution in [0, 0.1) is 9.39 Å². The number of benzene rings is 1. The van der Waals surface area contributed by atoms with Gasteiger partial charge in [-0.3, -0.25) is 9.59 Å². The highest BCUT2D eigenvalue weighted by molar-refractivity contribution is 14.1. The molecule has 0 spiro atoms. The summed E-state index contributed by atoms with van der Waals surface area (Å²) < 4.78 is 13.7. The number of carbonyl (C=O) groups excluding carboxylic acids is 2. The van der Waals surface area contributed by atoms with E-state index < -0.39 is 6.04 Å². The molecule has 7 heteroatoms. The van der Waals surface area contributed by atoms with Crippen LogP contribution in [0.25, 0.3) is 0 Å².